The first kappa shape index (κ1) is 12.4. The van der Waals surface area contributed by atoms with Crippen LogP contribution in [-0.4, -0.2) is 21.7 Å². The number of benzene rings is 1. The third-order valence-corrected chi connectivity index (χ3v) is 2.73. The van der Waals surface area contributed by atoms with Crippen LogP contribution in [0.4, 0.5) is 0 Å². The molecule has 3 N–H and O–H groups in total. The molecule has 0 radical (unpaired) electrons. The van der Waals surface area contributed by atoms with Crippen LogP contribution in [0.3, 0.4) is 0 Å². The Balaban J connectivity index is 1.81. The summed E-state index contributed by atoms with van der Waals surface area (Å²) in [5.74, 6) is -0.132. The van der Waals surface area contributed by atoms with Crippen molar-refractivity contribution in [1.29, 1.82) is 0 Å². The quantitative estimate of drug-likeness (QED) is 0.554. The van der Waals surface area contributed by atoms with Crippen LogP contribution in [0.15, 0.2) is 42.7 Å². The summed E-state index contributed by atoms with van der Waals surface area (Å²) in [6.07, 6.45) is 4.47. The average molecular weight is 244 g/mol. The lowest BCUT2D eigenvalue weighted by atomic mass is 10.1. The van der Waals surface area contributed by atoms with Crippen molar-refractivity contribution in [2.75, 3.05) is 6.54 Å². The van der Waals surface area contributed by atoms with Gasteiger partial charge in [0.15, 0.2) is 11.5 Å². The molecule has 0 aliphatic heterocycles. The van der Waals surface area contributed by atoms with E-state index in [0.29, 0.717) is 12.1 Å². The molecule has 18 heavy (non-hydrogen) atoms. The highest BCUT2D eigenvalue weighted by atomic mass is 16.3. The van der Waals surface area contributed by atoms with Crippen molar-refractivity contribution in [3.63, 3.8) is 0 Å². The molecule has 4 heteroatoms. The standard InChI is InChI=1S/C14H16N2O2/c17-13-5-1-4-12(14(13)18)10-16-8-6-11-3-2-7-15-9-11/h1-5,7,9,16-18H,6,8,10H2. The zero-order valence-corrected chi connectivity index (χ0v) is 10.0. The number of para-hydroxylation sites is 1. The van der Waals surface area contributed by atoms with Gasteiger partial charge in [0.1, 0.15) is 0 Å². The summed E-state index contributed by atoms with van der Waals surface area (Å²) >= 11 is 0. The van der Waals surface area contributed by atoms with Crippen LogP contribution in [-0.2, 0) is 13.0 Å². The second-order valence-corrected chi connectivity index (χ2v) is 4.07. The van der Waals surface area contributed by atoms with E-state index in [4.69, 9.17) is 0 Å². The van der Waals surface area contributed by atoms with Gasteiger partial charge in [-0.2, -0.15) is 0 Å². The minimum atomic E-state index is -0.0819. The molecule has 0 atom stereocenters. The summed E-state index contributed by atoms with van der Waals surface area (Å²) in [6.45, 7) is 1.32. The van der Waals surface area contributed by atoms with Gasteiger partial charge in [0.2, 0.25) is 0 Å². The van der Waals surface area contributed by atoms with Gasteiger partial charge in [-0.25, -0.2) is 0 Å². The van der Waals surface area contributed by atoms with Gasteiger partial charge in [0.05, 0.1) is 0 Å². The van der Waals surface area contributed by atoms with Crippen molar-refractivity contribution >= 4 is 0 Å². The largest absolute Gasteiger partial charge is 0.504 e. The summed E-state index contributed by atoms with van der Waals surface area (Å²) in [5.41, 5.74) is 1.87. The number of phenols is 2. The van der Waals surface area contributed by atoms with E-state index >= 15 is 0 Å². The minimum Gasteiger partial charge on any atom is -0.504 e. The Morgan fingerprint density at radius 3 is 2.78 bits per heavy atom. The highest BCUT2D eigenvalue weighted by Gasteiger charge is 2.04. The van der Waals surface area contributed by atoms with Crippen molar-refractivity contribution < 1.29 is 10.2 Å². The van der Waals surface area contributed by atoms with Crippen LogP contribution in [0.2, 0.25) is 0 Å². The fraction of sp³-hybridized carbons (Fsp3) is 0.214. The topological polar surface area (TPSA) is 65.4 Å². The molecule has 0 unspecified atom stereocenters. The first-order chi connectivity index (χ1) is 8.77. The first-order valence-electron chi connectivity index (χ1n) is 5.87. The molecule has 1 aromatic heterocycles. The number of rotatable bonds is 5. The molecule has 2 rings (SSSR count). The SMILES string of the molecule is Oc1cccc(CNCCc2cccnc2)c1O. The van der Waals surface area contributed by atoms with Crippen molar-refractivity contribution in [1.82, 2.24) is 10.3 Å². The third kappa shape index (κ3) is 3.21. The Bertz CT molecular complexity index is 500. The van der Waals surface area contributed by atoms with Crippen LogP contribution in [0.5, 0.6) is 11.5 Å². The zero-order valence-electron chi connectivity index (χ0n) is 10.0. The minimum absolute atomic E-state index is 0.0497. The highest BCUT2D eigenvalue weighted by molar-refractivity contribution is 5.44. The molecule has 94 valence electrons. The maximum absolute atomic E-state index is 9.61. The molecule has 2 aromatic rings. The first-order valence-corrected chi connectivity index (χ1v) is 5.87. The lowest BCUT2D eigenvalue weighted by Crippen LogP contribution is -2.16. The Hall–Kier alpha value is -2.07. The van der Waals surface area contributed by atoms with Crippen molar-refractivity contribution in [3.05, 3.63) is 53.9 Å². The Morgan fingerprint density at radius 2 is 2.00 bits per heavy atom. The Labute approximate surface area is 106 Å². The lowest BCUT2D eigenvalue weighted by molar-refractivity contribution is 0.398. The summed E-state index contributed by atoms with van der Waals surface area (Å²) in [6, 6.07) is 8.91. The predicted octanol–water partition coefficient (Wildman–Crippen LogP) is 1.83. The molecule has 0 spiro atoms. The van der Waals surface area contributed by atoms with Gasteiger partial charge >= 0.3 is 0 Å². The molecular weight excluding hydrogens is 228 g/mol. The van der Waals surface area contributed by atoms with Gasteiger partial charge in [-0.1, -0.05) is 18.2 Å². The molecule has 0 bridgehead atoms. The predicted molar refractivity (Wildman–Crippen MR) is 69.4 cm³/mol. The molecule has 0 amide bonds. The summed E-state index contributed by atoms with van der Waals surface area (Å²) < 4.78 is 0. The van der Waals surface area contributed by atoms with Gasteiger partial charge < -0.3 is 15.5 Å². The molecular formula is C14H16N2O2. The van der Waals surface area contributed by atoms with Crippen molar-refractivity contribution in [2.45, 2.75) is 13.0 Å². The molecule has 1 aromatic carbocycles. The zero-order chi connectivity index (χ0) is 12.8. The molecule has 4 nitrogen and oxygen atoms in total. The molecule has 0 saturated heterocycles. The molecule has 0 aliphatic rings. The van der Waals surface area contributed by atoms with E-state index < -0.39 is 0 Å². The van der Waals surface area contributed by atoms with E-state index in [1.165, 1.54) is 11.6 Å². The van der Waals surface area contributed by atoms with Crippen molar-refractivity contribution in [2.24, 2.45) is 0 Å². The second-order valence-electron chi connectivity index (χ2n) is 4.07. The van der Waals surface area contributed by atoms with Crippen molar-refractivity contribution in [3.8, 4) is 11.5 Å². The smallest absolute Gasteiger partial charge is 0.161 e. The molecule has 0 aliphatic carbocycles. The number of phenolic OH excluding ortho intramolecular Hbond substituents is 2. The Kier molecular flexibility index (Phi) is 4.15. The summed E-state index contributed by atoms with van der Waals surface area (Å²) in [7, 11) is 0. The average Bonchev–Trinajstić information content (AvgIpc) is 2.40. The lowest BCUT2D eigenvalue weighted by Gasteiger charge is -2.07. The van der Waals surface area contributed by atoms with E-state index in [2.05, 4.69) is 10.3 Å². The summed E-state index contributed by atoms with van der Waals surface area (Å²) in [4.78, 5) is 4.05. The van der Waals surface area contributed by atoms with E-state index in [0.717, 1.165) is 13.0 Å². The number of nitrogens with zero attached hydrogens (tertiary/aromatic N) is 1. The normalized spacial score (nSPS) is 10.4. The van der Waals surface area contributed by atoms with Crippen LogP contribution in [0.1, 0.15) is 11.1 Å². The fourth-order valence-corrected chi connectivity index (χ4v) is 1.72. The van der Waals surface area contributed by atoms with Gasteiger partial charge in [0.25, 0.3) is 0 Å². The van der Waals surface area contributed by atoms with Crippen LogP contribution < -0.4 is 5.32 Å². The fourth-order valence-electron chi connectivity index (χ4n) is 1.72. The van der Waals surface area contributed by atoms with E-state index in [1.807, 2.05) is 18.3 Å². The van der Waals surface area contributed by atoms with Gasteiger partial charge in [-0.05, 0) is 30.7 Å². The van der Waals surface area contributed by atoms with Crippen LogP contribution >= 0.6 is 0 Å². The van der Waals surface area contributed by atoms with Crippen LogP contribution in [0.25, 0.3) is 0 Å². The molecule has 0 saturated carbocycles. The van der Waals surface area contributed by atoms with Gasteiger partial charge in [-0.3, -0.25) is 4.98 Å². The number of hydrogen-bond donors (Lipinski definition) is 3. The highest BCUT2D eigenvalue weighted by Crippen LogP contribution is 2.27. The molecule has 1 heterocycles. The van der Waals surface area contributed by atoms with E-state index in [-0.39, 0.29) is 11.5 Å². The molecule has 0 fully saturated rings. The van der Waals surface area contributed by atoms with Gasteiger partial charge in [-0.15, -0.1) is 0 Å². The number of pyridine rings is 1. The monoisotopic (exact) mass is 244 g/mol. The van der Waals surface area contributed by atoms with E-state index in [9.17, 15) is 10.2 Å². The van der Waals surface area contributed by atoms with Crippen LogP contribution in [0, 0.1) is 0 Å². The van der Waals surface area contributed by atoms with E-state index in [1.54, 1.807) is 18.3 Å². The maximum Gasteiger partial charge on any atom is 0.161 e. The van der Waals surface area contributed by atoms with Gasteiger partial charge in [0, 0.05) is 24.5 Å². The third-order valence-electron chi connectivity index (χ3n) is 2.73. The Morgan fingerprint density at radius 1 is 1.11 bits per heavy atom. The number of hydrogen-bond acceptors (Lipinski definition) is 4. The maximum atomic E-state index is 9.61. The number of nitrogens with one attached hydrogen (secondary N) is 1. The summed E-state index contributed by atoms with van der Waals surface area (Å²) in [5, 5.41) is 22.2. The number of aromatic nitrogens is 1. The number of aromatic hydroxyl groups is 2. The second kappa shape index (κ2) is 6.02.